The first-order chi connectivity index (χ1) is 14.8. The molecule has 1 aromatic carbocycles. The van der Waals surface area contributed by atoms with Crippen LogP contribution in [0.15, 0.2) is 28.6 Å². The Kier molecular flexibility index (Phi) is 6.70. The van der Waals surface area contributed by atoms with E-state index in [1.807, 2.05) is 0 Å². The molecule has 0 radical (unpaired) electrons. The minimum atomic E-state index is -1.28. The van der Waals surface area contributed by atoms with E-state index in [4.69, 9.17) is 33.7 Å². The summed E-state index contributed by atoms with van der Waals surface area (Å²) in [6, 6.07) is 1.70. The number of benzene rings is 1. The Bertz CT molecular complexity index is 1060. The molecule has 0 amide bonds. The van der Waals surface area contributed by atoms with Crippen LogP contribution in [-0.4, -0.2) is 65.7 Å². The maximum atomic E-state index is 13.7. The SMILES string of the molecule is Nc1nc(-c2cn([C@@H]3C(O)[C@@H](Sc4cc(Cl)c(F)c(Cl)c4)OC(CO)[C@@H]3O)nn2)cs1. The second-order valence-electron chi connectivity index (χ2n) is 6.67. The van der Waals surface area contributed by atoms with Crippen molar-refractivity contribution in [3.8, 4) is 11.4 Å². The highest BCUT2D eigenvalue weighted by Gasteiger charge is 2.46. The van der Waals surface area contributed by atoms with Gasteiger partial charge in [-0.05, 0) is 12.1 Å². The molecule has 0 spiro atoms. The average Bonchev–Trinajstić information content (AvgIpc) is 3.37. The fraction of sp³-hybridized carbons (Fsp3) is 0.353. The molecule has 2 aromatic heterocycles. The van der Waals surface area contributed by atoms with Gasteiger partial charge in [0.15, 0.2) is 10.9 Å². The number of rotatable bonds is 5. The second kappa shape index (κ2) is 9.16. The summed E-state index contributed by atoms with van der Waals surface area (Å²) in [6.07, 6.45) is -2.06. The third-order valence-corrected chi connectivity index (χ3v) is 7.01. The van der Waals surface area contributed by atoms with Gasteiger partial charge >= 0.3 is 0 Å². The van der Waals surface area contributed by atoms with Gasteiger partial charge in [-0.25, -0.2) is 14.1 Å². The van der Waals surface area contributed by atoms with Gasteiger partial charge in [-0.2, -0.15) is 0 Å². The first kappa shape index (κ1) is 22.7. The minimum absolute atomic E-state index is 0.181. The second-order valence-corrected chi connectivity index (χ2v) is 9.55. The van der Waals surface area contributed by atoms with Gasteiger partial charge in [-0.1, -0.05) is 40.2 Å². The van der Waals surface area contributed by atoms with Crippen LogP contribution >= 0.6 is 46.3 Å². The monoisotopic (exact) mass is 507 g/mol. The molecule has 166 valence electrons. The molecule has 9 nitrogen and oxygen atoms in total. The molecule has 2 unspecified atom stereocenters. The lowest BCUT2D eigenvalue weighted by Gasteiger charge is -2.41. The Hall–Kier alpha value is -1.51. The van der Waals surface area contributed by atoms with Gasteiger partial charge in [0.25, 0.3) is 0 Å². The summed E-state index contributed by atoms with van der Waals surface area (Å²) in [5.41, 5.74) is 5.61. The van der Waals surface area contributed by atoms with Crippen molar-refractivity contribution in [3.63, 3.8) is 0 Å². The van der Waals surface area contributed by atoms with E-state index in [0.29, 0.717) is 21.4 Å². The lowest BCUT2D eigenvalue weighted by atomic mass is 9.97. The number of ether oxygens (including phenoxy) is 1. The quantitative estimate of drug-likeness (QED) is 0.382. The van der Waals surface area contributed by atoms with Crippen molar-refractivity contribution < 1.29 is 24.4 Å². The fourth-order valence-electron chi connectivity index (χ4n) is 3.16. The summed E-state index contributed by atoms with van der Waals surface area (Å²) in [7, 11) is 0. The third-order valence-electron chi connectivity index (χ3n) is 4.66. The summed E-state index contributed by atoms with van der Waals surface area (Å²) in [4.78, 5) is 4.57. The summed E-state index contributed by atoms with van der Waals surface area (Å²) in [6.45, 7) is -0.503. The number of nitrogen functional groups attached to an aromatic ring is 1. The van der Waals surface area contributed by atoms with Crippen molar-refractivity contribution in [2.75, 3.05) is 12.3 Å². The number of aliphatic hydroxyl groups excluding tert-OH is 3. The summed E-state index contributed by atoms with van der Waals surface area (Å²) in [5, 5.41) is 41.0. The molecule has 1 aliphatic heterocycles. The first-order valence-electron chi connectivity index (χ1n) is 8.85. The van der Waals surface area contributed by atoms with Crippen LogP contribution in [0.1, 0.15) is 6.04 Å². The normalized spacial score (nSPS) is 26.3. The van der Waals surface area contributed by atoms with Crippen molar-refractivity contribution in [1.29, 1.82) is 0 Å². The maximum absolute atomic E-state index is 13.7. The fourth-order valence-corrected chi connectivity index (χ4v) is 5.47. The molecule has 3 aromatic rings. The number of halogens is 3. The van der Waals surface area contributed by atoms with E-state index in [0.717, 1.165) is 11.8 Å². The average molecular weight is 508 g/mol. The van der Waals surface area contributed by atoms with Crippen LogP contribution in [-0.2, 0) is 4.74 Å². The minimum Gasteiger partial charge on any atom is -0.394 e. The molecular weight excluding hydrogens is 492 g/mol. The van der Waals surface area contributed by atoms with Crippen LogP contribution in [0.3, 0.4) is 0 Å². The smallest absolute Gasteiger partial charge is 0.180 e. The predicted molar refractivity (Wildman–Crippen MR) is 115 cm³/mol. The lowest BCUT2D eigenvalue weighted by molar-refractivity contribution is -0.178. The van der Waals surface area contributed by atoms with Crippen LogP contribution in [0.2, 0.25) is 10.0 Å². The van der Waals surface area contributed by atoms with E-state index in [9.17, 15) is 19.7 Å². The third kappa shape index (κ3) is 4.52. The Morgan fingerprint density at radius 3 is 2.55 bits per heavy atom. The van der Waals surface area contributed by atoms with Crippen molar-refractivity contribution >= 4 is 51.4 Å². The van der Waals surface area contributed by atoms with Crippen LogP contribution in [0, 0.1) is 5.82 Å². The van der Waals surface area contributed by atoms with E-state index in [2.05, 4.69) is 15.3 Å². The summed E-state index contributed by atoms with van der Waals surface area (Å²) in [5.74, 6) is -0.753. The lowest BCUT2D eigenvalue weighted by Crippen LogP contribution is -2.55. The van der Waals surface area contributed by atoms with E-state index in [-0.39, 0.29) is 10.0 Å². The van der Waals surface area contributed by atoms with Crippen molar-refractivity contribution in [2.45, 2.75) is 34.7 Å². The van der Waals surface area contributed by atoms with Crippen molar-refractivity contribution in [3.05, 3.63) is 39.6 Å². The van der Waals surface area contributed by atoms with Gasteiger partial charge in [-0.3, -0.25) is 0 Å². The van der Waals surface area contributed by atoms with Crippen molar-refractivity contribution in [2.24, 2.45) is 0 Å². The van der Waals surface area contributed by atoms with Gasteiger partial charge in [-0.15, -0.1) is 16.4 Å². The predicted octanol–water partition coefficient (Wildman–Crippen LogP) is 2.20. The molecule has 0 bridgehead atoms. The van der Waals surface area contributed by atoms with E-state index in [1.165, 1.54) is 34.3 Å². The number of hydrogen-bond donors (Lipinski definition) is 4. The Morgan fingerprint density at radius 1 is 1.23 bits per heavy atom. The zero-order chi connectivity index (χ0) is 22.3. The number of aliphatic hydroxyl groups is 3. The van der Waals surface area contributed by atoms with Crippen LogP contribution in [0.25, 0.3) is 11.4 Å². The van der Waals surface area contributed by atoms with Crippen molar-refractivity contribution in [1.82, 2.24) is 20.0 Å². The molecule has 3 heterocycles. The number of nitrogens with two attached hydrogens (primary N) is 1. The number of aromatic nitrogens is 4. The number of hydrogen-bond acceptors (Lipinski definition) is 10. The molecule has 0 saturated carbocycles. The van der Waals surface area contributed by atoms with Gasteiger partial charge in [0.05, 0.1) is 22.8 Å². The molecule has 0 aliphatic carbocycles. The topological polar surface area (TPSA) is 140 Å². The highest BCUT2D eigenvalue weighted by Crippen LogP contribution is 2.40. The highest BCUT2D eigenvalue weighted by molar-refractivity contribution is 7.99. The molecule has 1 aliphatic rings. The zero-order valence-corrected chi connectivity index (χ0v) is 18.6. The molecule has 14 heteroatoms. The highest BCUT2D eigenvalue weighted by atomic mass is 35.5. The van der Waals surface area contributed by atoms with Gasteiger partial charge in [0, 0.05) is 10.3 Å². The molecule has 1 fully saturated rings. The standard InChI is InChI=1S/C17H16Cl2FN5O4S2/c18-7-1-6(2-8(19)12(7)20)31-16-15(28)13(14(27)11(4-26)29-16)25-3-9(23-24-25)10-5-30-17(21)22-10/h1-3,5,11,13-16,26-28H,4H2,(H2,21,22)/t11?,13-,14-,15?,16+/m0/s1. The number of thioether (sulfide) groups is 1. The van der Waals surface area contributed by atoms with Crippen LogP contribution in [0.5, 0.6) is 0 Å². The Labute approximate surface area is 193 Å². The maximum Gasteiger partial charge on any atom is 0.180 e. The van der Waals surface area contributed by atoms with E-state index >= 15 is 0 Å². The van der Waals surface area contributed by atoms with Gasteiger partial charge < -0.3 is 25.8 Å². The van der Waals surface area contributed by atoms with Gasteiger partial charge in [0.1, 0.15) is 41.2 Å². The largest absolute Gasteiger partial charge is 0.394 e. The Balaban J connectivity index is 1.62. The number of nitrogens with zero attached hydrogens (tertiary/aromatic N) is 4. The number of anilines is 1. The molecule has 1 saturated heterocycles. The molecule has 31 heavy (non-hydrogen) atoms. The molecular formula is C17H16Cl2FN5O4S2. The Morgan fingerprint density at radius 2 is 1.94 bits per heavy atom. The summed E-state index contributed by atoms with van der Waals surface area (Å²) < 4.78 is 20.7. The van der Waals surface area contributed by atoms with E-state index < -0.39 is 42.2 Å². The van der Waals surface area contributed by atoms with Crippen LogP contribution < -0.4 is 5.73 Å². The van der Waals surface area contributed by atoms with Gasteiger partial charge in [0.2, 0.25) is 0 Å². The summed E-state index contributed by atoms with van der Waals surface area (Å²) >= 11 is 14.0. The molecule has 5 atom stereocenters. The number of thiazole rings is 1. The van der Waals surface area contributed by atoms with E-state index in [1.54, 1.807) is 5.38 Å². The zero-order valence-electron chi connectivity index (χ0n) is 15.5. The molecule has 4 rings (SSSR count). The first-order valence-corrected chi connectivity index (χ1v) is 11.4. The van der Waals surface area contributed by atoms with Crippen LogP contribution in [0.4, 0.5) is 9.52 Å². The molecule has 5 N–H and O–H groups in total.